The van der Waals surface area contributed by atoms with Crippen LogP contribution in [0.1, 0.15) is 37.3 Å². The summed E-state index contributed by atoms with van der Waals surface area (Å²) in [5.41, 5.74) is 0.469. The van der Waals surface area contributed by atoms with Gasteiger partial charge in [0.15, 0.2) is 11.6 Å². The van der Waals surface area contributed by atoms with Gasteiger partial charge in [0.05, 0.1) is 0 Å². The van der Waals surface area contributed by atoms with Crippen molar-refractivity contribution >= 4 is 30.2 Å². The van der Waals surface area contributed by atoms with Crippen molar-refractivity contribution in [1.82, 2.24) is 9.80 Å². The van der Waals surface area contributed by atoms with Crippen LogP contribution in [0.3, 0.4) is 0 Å². The quantitative estimate of drug-likeness (QED) is 0.376. The fraction of sp³-hybridized carbons (Fsp3) is 0.423. The second-order valence-electron chi connectivity index (χ2n) is 8.44. The van der Waals surface area contributed by atoms with Crippen LogP contribution in [-0.4, -0.2) is 58.4 Å². The van der Waals surface area contributed by atoms with Crippen molar-refractivity contribution in [2.75, 3.05) is 19.5 Å². The minimum absolute atomic E-state index is 0.0736. The molecule has 1 heterocycles. The molecule has 2 aromatic carbocycles. The molecule has 2 amide bonds. The van der Waals surface area contributed by atoms with Crippen LogP contribution in [0.5, 0.6) is 0 Å². The Hall–Kier alpha value is -2.64. The number of nitrogens with zero attached hydrogens (tertiary/aromatic N) is 2. The molecule has 1 saturated heterocycles. The van der Waals surface area contributed by atoms with Gasteiger partial charge in [0.25, 0.3) is 0 Å². The van der Waals surface area contributed by atoms with Gasteiger partial charge < -0.3 is 14.5 Å². The second kappa shape index (κ2) is 11.5. The van der Waals surface area contributed by atoms with E-state index in [1.165, 1.54) is 6.92 Å². The summed E-state index contributed by atoms with van der Waals surface area (Å²) < 4.78 is 5.11. The highest BCUT2D eigenvalue weighted by Crippen LogP contribution is 2.39. The normalized spacial score (nSPS) is 20.3. The first kappa shape index (κ1) is 25.0. The van der Waals surface area contributed by atoms with Crippen molar-refractivity contribution in [2.45, 2.75) is 50.9 Å². The van der Waals surface area contributed by atoms with E-state index in [4.69, 9.17) is 4.74 Å². The molecule has 1 fully saturated rings. The molecular weight excluding hydrogens is 436 g/mol. The largest absolute Gasteiger partial charge is 0.385 e. The highest BCUT2D eigenvalue weighted by Gasteiger charge is 2.61. The molecule has 0 bridgehead atoms. The van der Waals surface area contributed by atoms with Crippen LogP contribution < -0.4 is 0 Å². The van der Waals surface area contributed by atoms with Crippen molar-refractivity contribution in [3.05, 3.63) is 71.8 Å². The summed E-state index contributed by atoms with van der Waals surface area (Å²) in [5, 5.41) is 0. The average Bonchev–Trinajstić information content (AvgIpc) is 3.06. The molecule has 0 radical (unpaired) electrons. The number of hydrogen-bond donors (Lipinski definition) is 1. The fourth-order valence-corrected chi connectivity index (χ4v) is 5.14. The Bertz CT molecular complexity index is 953. The van der Waals surface area contributed by atoms with Gasteiger partial charge in [-0.1, -0.05) is 60.7 Å². The van der Waals surface area contributed by atoms with E-state index in [1.807, 2.05) is 60.7 Å². The number of ketones is 2. The first-order valence-corrected chi connectivity index (χ1v) is 11.9. The smallest absolute Gasteiger partial charge is 0.322 e. The summed E-state index contributed by atoms with van der Waals surface area (Å²) in [4.78, 5) is 43.7. The third-order valence-electron chi connectivity index (χ3n) is 6.21. The van der Waals surface area contributed by atoms with Gasteiger partial charge in [-0.3, -0.25) is 9.59 Å². The van der Waals surface area contributed by atoms with Crippen LogP contribution in [0.25, 0.3) is 0 Å². The number of carbonyl (C=O) groups excluding carboxylic acids is 3. The number of thiol groups is 1. The molecule has 2 atom stereocenters. The summed E-state index contributed by atoms with van der Waals surface area (Å²) in [6.07, 6.45) is 1.61. The first-order valence-electron chi connectivity index (χ1n) is 11.2. The van der Waals surface area contributed by atoms with Gasteiger partial charge in [0.1, 0.15) is 11.6 Å². The standard InChI is InChI=1S/C26H32N2O4S/c1-20(29)24-26(19-33,23(30)15-9-10-16-32-2)28(18-22-13-7-4-8-14-22)25(31)27(24)17-21-11-5-3-6-12-21/h3-8,11-14,24,33H,9-10,15-19H2,1-2H3/t24-,26-/m0/s1. The Morgan fingerprint density at radius 2 is 1.55 bits per heavy atom. The monoisotopic (exact) mass is 468 g/mol. The van der Waals surface area contributed by atoms with Crippen molar-refractivity contribution < 1.29 is 19.1 Å². The number of urea groups is 1. The van der Waals surface area contributed by atoms with E-state index in [1.54, 1.807) is 16.9 Å². The van der Waals surface area contributed by atoms with Gasteiger partial charge in [0.2, 0.25) is 0 Å². The van der Waals surface area contributed by atoms with Crippen LogP contribution in [-0.2, 0) is 27.4 Å². The Morgan fingerprint density at radius 1 is 0.970 bits per heavy atom. The van der Waals surface area contributed by atoms with Crippen molar-refractivity contribution in [1.29, 1.82) is 0 Å². The maximum absolute atomic E-state index is 13.8. The summed E-state index contributed by atoms with van der Waals surface area (Å²) >= 11 is 4.57. The van der Waals surface area contributed by atoms with Crippen molar-refractivity contribution in [3.63, 3.8) is 0 Å². The summed E-state index contributed by atoms with van der Waals surface area (Å²) in [7, 11) is 1.63. The lowest BCUT2D eigenvalue weighted by Gasteiger charge is -2.38. The predicted octanol–water partition coefficient (Wildman–Crippen LogP) is 4.14. The number of rotatable bonds is 12. The summed E-state index contributed by atoms with van der Waals surface area (Å²) in [6.45, 7) is 2.50. The van der Waals surface area contributed by atoms with Gasteiger partial charge in [0, 0.05) is 39.0 Å². The number of ether oxygens (including phenoxy) is 1. The minimum Gasteiger partial charge on any atom is -0.385 e. The van der Waals surface area contributed by atoms with E-state index >= 15 is 0 Å². The maximum atomic E-state index is 13.8. The van der Waals surface area contributed by atoms with Gasteiger partial charge in [-0.15, -0.1) is 0 Å². The average molecular weight is 469 g/mol. The lowest BCUT2D eigenvalue weighted by molar-refractivity contribution is -0.135. The molecule has 2 aromatic rings. The molecule has 0 saturated carbocycles. The lowest BCUT2D eigenvalue weighted by Crippen LogP contribution is -2.61. The Balaban J connectivity index is 2.03. The summed E-state index contributed by atoms with van der Waals surface area (Å²) in [5.74, 6) is -0.271. The molecule has 0 aromatic heterocycles. The summed E-state index contributed by atoms with van der Waals surface area (Å²) in [6, 6.07) is 17.8. The third kappa shape index (κ3) is 5.31. The van der Waals surface area contributed by atoms with Crippen LogP contribution in [0.4, 0.5) is 4.79 Å². The van der Waals surface area contributed by atoms with E-state index in [-0.39, 0.29) is 42.9 Å². The lowest BCUT2D eigenvalue weighted by atomic mass is 9.82. The first-order chi connectivity index (χ1) is 16.0. The van der Waals surface area contributed by atoms with Crippen molar-refractivity contribution in [3.8, 4) is 0 Å². The number of benzene rings is 2. The molecule has 1 aliphatic heterocycles. The van der Waals surface area contributed by atoms with Crippen LogP contribution in [0.2, 0.25) is 0 Å². The van der Waals surface area contributed by atoms with Gasteiger partial charge in [-0.2, -0.15) is 12.6 Å². The van der Waals surface area contributed by atoms with E-state index in [9.17, 15) is 14.4 Å². The molecule has 3 rings (SSSR count). The topological polar surface area (TPSA) is 66.9 Å². The highest BCUT2D eigenvalue weighted by molar-refractivity contribution is 7.80. The molecule has 33 heavy (non-hydrogen) atoms. The maximum Gasteiger partial charge on any atom is 0.322 e. The Morgan fingerprint density at radius 3 is 2.06 bits per heavy atom. The number of Topliss-reactive ketones (excluding diaryl/α,β-unsaturated/α-hetero) is 2. The van der Waals surface area contributed by atoms with Crippen LogP contribution >= 0.6 is 12.6 Å². The van der Waals surface area contributed by atoms with Gasteiger partial charge in [-0.25, -0.2) is 4.79 Å². The third-order valence-corrected chi connectivity index (χ3v) is 6.69. The number of hydrogen-bond acceptors (Lipinski definition) is 5. The van der Waals surface area contributed by atoms with E-state index < -0.39 is 11.6 Å². The zero-order valence-corrected chi connectivity index (χ0v) is 20.2. The van der Waals surface area contributed by atoms with Gasteiger partial charge in [-0.05, 0) is 30.9 Å². The fourth-order valence-electron chi connectivity index (χ4n) is 4.62. The van der Waals surface area contributed by atoms with E-state index in [2.05, 4.69) is 12.6 Å². The minimum atomic E-state index is -1.33. The Labute approximate surface area is 201 Å². The van der Waals surface area contributed by atoms with Crippen LogP contribution in [0, 0.1) is 0 Å². The zero-order chi connectivity index (χ0) is 23.8. The predicted molar refractivity (Wildman–Crippen MR) is 131 cm³/mol. The number of amides is 2. The molecule has 0 N–H and O–H groups in total. The molecule has 6 nitrogen and oxygen atoms in total. The molecule has 0 spiro atoms. The van der Waals surface area contributed by atoms with Crippen molar-refractivity contribution in [2.24, 2.45) is 0 Å². The molecule has 0 aliphatic carbocycles. The number of carbonyl (C=O) groups is 3. The molecule has 176 valence electrons. The Kier molecular flexibility index (Phi) is 8.69. The number of methoxy groups -OCH3 is 1. The molecular formula is C26H32N2O4S. The zero-order valence-electron chi connectivity index (χ0n) is 19.3. The van der Waals surface area contributed by atoms with Gasteiger partial charge >= 0.3 is 6.03 Å². The molecule has 7 heteroatoms. The molecule has 1 aliphatic rings. The number of unbranched alkanes of at least 4 members (excludes halogenated alkanes) is 1. The second-order valence-corrected chi connectivity index (χ2v) is 8.75. The SMILES string of the molecule is COCCCCC(=O)[C@@]1(CS)[C@H](C(C)=O)N(Cc2ccccc2)C(=O)N1Cc1ccccc1. The van der Waals surface area contributed by atoms with Crippen LogP contribution in [0.15, 0.2) is 60.7 Å². The molecule has 0 unspecified atom stereocenters. The highest BCUT2D eigenvalue weighted by atomic mass is 32.1. The van der Waals surface area contributed by atoms with E-state index in [0.29, 0.717) is 13.0 Å². The van der Waals surface area contributed by atoms with E-state index in [0.717, 1.165) is 17.5 Å².